The molecule has 0 bridgehead atoms. The Balaban J connectivity index is 1.58. The molecular formula is C17H13F3N6O2S. The summed E-state index contributed by atoms with van der Waals surface area (Å²) in [6.07, 6.45) is -1.81. The maximum Gasteiger partial charge on any atom is 0.416 e. The van der Waals surface area contributed by atoms with Gasteiger partial charge in [-0.2, -0.15) is 13.2 Å². The summed E-state index contributed by atoms with van der Waals surface area (Å²) < 4.78 is 37.8. The molecule has 0 atom stereocenters. The molecule has 0 aliphatic carbocycles. The molecule has 29 heavy (non-hydrogen) atoms. The van der Waals surface area contributed by atoms with E-state index in [0.29, 0.717) is 15.7 Å². The van der Waals surface area contributed by atoms with Crippen LogP contribution in [0, 0.1) is 0 Å². The van der Waals surface area contributed by atoms with E-state index in [4.69, 9.17) is 5.73 Å². The lowest BCUT2D eigenvalue weighted by molar-refractivity contribution is -0.137. The van der Waals surface area contributed by atoms with Gasteiger partial charge in [0.25, 0.3) is 11.8 Å². The van der Waals surface area contributed by atoms with E-state index >= 15 is 0 Å². The van der Waals surface area contributed by atoms with Gasteiger partial charge in [-0.3, -0.25) is 9.59 Å². The van der Waals surface area contributed by atoms with Crippen LogP contribution in [0.5, 0.6) is 0 Å². The first-order valence-corrected chi connectivity index (χ1v) is 8.83. The Bertz CT molecular complexity index is 1040. The first-order valence-electron chi connectivity index (χ1n) is 8.01. The van der Waals surface area contributed by atoms with E-state index in [1.807, 2.05) is 0 Å². The Morgan fingerprint density at radius 2 is 1.76 bits per heavy atom. The van der Waals surface area contributed by atoms with Crippen molar-refractivity contribution < 1.29 is 22.8 Å². The number of aromatic nitrogens is 3. The number of hydrogen-bond donors (Lipinski definition) is 3. The minimum absolute atomic E-state index is 0.0126. The van der Waals surface area contributed by atoms with E-state index in [1.54, 1.807) is 0 Å². The number of amides is 2. The van der Waals surface area contributed by atoms with E-state index in [1.165, 1.54) is 35.7 Å². The molecule has 1 aromatic carbocycles. The van der Waals surface area contributed by atoms with Gasteiger partial charge in [0.2, 0.25) is 0 Å². The number of anilines is 2. The second-order valence-electron chi connectivity index (χ2n) is 5.67. The van der Waals surface area contributed by atoms with Crippen molar-refractivity contribution in [3.63, 3.8) is 0 Å². The number of thiazole rings is 1. The average molecular weight is 422 g/mol. The van der Waals surface area contributed by atoms with Crippen molar-refractivity contribution in [3.05, 3.63) is 64.7 Å². The van der Waals surface area contributed by atoms with Gasteiger partial charge in [-0.25, -0.2) is 15.0 Å². The molecule has 0 radical (unpaired) electrons. The number of benzene rings is 1. The van der Waals surface area contributed by atoms with Crippen LogP contribution >= 0.6 is 11.3 Å². The Labute approximate surface area is 166 Å². The van der Waals surface area contributed by atoms with Crippen LogP contribution in [-0.2, 0) is 12.7 Å². The van der Waals surface area contributed by atoms with Crippen LogP contribution in [0.15, 0.2) is 42.9 Å². The summed E-state index contributed by atoms with van der Waals surface area (Å²) >= 11 is 1.22. The standard InChI is InChI=1S/C17H13F3N6O2S/c18-17(19,20)9-1-3-10(4-2-9)26-16-23-7-11(29-16)6-22-15(28)13-5-12(14(21)27)24-8-25-13/h1-5,7-8H,6H2,(H2,21,27)(H,22,28)(H,23,26). The number of rotatable bonds is 6. The Hall–Kier alpha value is -3.54. The van der Waals surface area contributed by atoms with Crippen molar-refractivity contribution in [2.45, 2.75) is 12.7 Å². The number of primary amides is 1. The number of nitrogens with two attached hydrogens (primary N) is 1. The van der Waals surface area contributed by atoms with Gasteiger partial charge < -0.3 is 16.4 Å². The van der Waals surface area contributed by atoms with Crippen molar-refractivity contribution in [3.8, 4) is 0 Å². The van der Waals surface area contributed by atoms with Gasteiger partial charge in [-0.15, -0.1) is 0 Å². The van der Waals surface area contributed by atoms with E-state index in [-0.39, 0.29) is 17.9 Å². The molecular weight excluding hydrogens is 409 g/mol. The van der Waals surface area contributed by atoms with Crippen LogP contribution in [-0.4, -0.2) is 26.8 Å². The average Bonchev–Trinajstić information content (AvgIpc) is 3.13. The fraction of sp³-hybridized carbons (Fsp3) is 0.118. The summed E-state index contributed by atoms with van der Waals surface area (Å²) in [5.41, 5.74) is 4.73. The van der Waals surface area contributed by atoms with Gasteiger partial charge in [0.05, 0.1) is 12.1 Å². The smallest absolute Gasteiger partial charge is 0.364 e. The lowest BCUT2D eigenvalue weighted by Crippen LogP contribution is -2.24. The van der Waals surface area contributed by atoms with Gasteiger partial charge in [0, 0.05) is 22.8 Å². The molecule has 3 aromatic rings. The molecule has 4 N–H and O–H groups in total. The fourth-order valence-electron chi connectivity index (χ4n) is 2.19. The first kappa shape index (κ1) is 20.2. The minimum atomic E-state index is -4.40. The maximum atomic E-state index is 12.6. The number of hydrogen-bond acceptors (Lipinski definition) is 7. The van der Waals surface area contributed by atoms with Gasteiger partial charge in [-0.1, -0.05) is 11.3 Å². The quantitative estimate of drug-likeness (QED) is 0.561. The number of nitrogens with one attached hydrogen (secondary N) is 2. The topological polar surface area (TPSA) is 123 Å². The van der Waals surface area contributed by atoms with Crippen molar-refractivity contribution in [2.24, 2.45) is 5.73 Å². The molecule has 2 amide bonds. The van der Waals surface area contributed by atoms with Crippen molar-refractivity contribution >= 4 is 34.0 Å². The van der Waals surface area contributed by atoms with Crippen molar-refractivity contribution in [1.29, 1.82) is 0 Å². The third-order valence-electron chi connectivity index (χ3n) is 3.59. The molecule has 150 valence electrons. The van der Waals surface area contributed by atoms with Crippen molar-refractivity contribution in [2.75, 3.05) is 5.32 Å². The third-order valence-corrected chi connectivity index (χ3v) is 4.51. The number of alkyl halides is 3. The van der Waals surface area contributed by atoms with E-state index in [9.17, 15) is 22.8 Å². The second-order valence-corrected chi connectivity index (χ2v) is 6.78. The Kier molecular flexibility index (Phi) is 5.73. The second kappa shape index (κ2) is 8.22. The van der Waals surface area contributed by atoms with Crippen LogP contribution in [0.4, 0.5) is 24.0 Å². The fourth-order valence-corrected chi connectivity index (χ4v) is 2.96. The van der Waals surface area contributed by atoms with Crippen LogP contribution in [0.3, 0.4) is 0 Å². The van der Waals surface area contributed by atoms with Crippen molar-refractivity contribution in [1.82, 2.24) is 20.3 Å². The summed E-state index contributed by atoms with van der Waals surface area (Å²) in [5, 5.41) is 5.97. The molecule has 0 fully saturated rings. The number of halogens is 3. The highest BCUT2D eigenvalue weighted by Crippen LogP contribution is 2.30. The normalized spacial score (nSPS) is 11.1. The molecule has 12 heteroatoms. The molecule has 0 aliphatic heterocycles. The monoisotopic (exact) mass is 422 g/mol. The zero-order valence-electron chi connectivity index (χ0n) is 14.5. The molecule has 0 saturated heterocycles. The van der Waals surface area contributed by atoms with Gasteiger partial charge in [0.1, 0.15) is 17.7 Å². The summed E-state index contributed by atoms with van der Waals surface area (Å²) in [4.78, 5) is 35.5. The SMILES string of the molecule is NC(=O)c1cc(C(=O)NCc2cnc(Nc3ccc(C(F)(F)F)cc3)s2)ncn1. The summed E-state index contributed by atoms with van der Waals surface area (Å²) in [6.45, 7) is 0.140. The zero-order valence-corrected chi connectivity index (χ0v) is 15.3. The summed E-state index contributed by atoms with van der Waals surface area (Å²) in [6, 6.07) is 5.73. The minimum Gasteiger partial charge on any atom is -0.364 e. The predicted octanol–water partition coefficient (Wildman–Crippen LogP) is 2.72. The maximum absolute atomic E-state index is 12.6. The zero-order chi connectivity index (χ0) is 21.0. The highest BCUT2D eigenvalue weighted by molar-refractivity contribution is 7.15. The van der Waals surface area contributed by atoms with E-state index < -0.39 is 23.6 Å². The highest BCUT2D eigenvalue weighted by Gasteiger charge is 2.29. The number of nitrogens with zero attached hydrogens (tertiary/aromatic N) is 3. The van der Waals surface area contributed by atoms with Crippen LogP contribution < -0.4 is 16.4 Å². The molecule has 8 nitrogen and oxygen atoms in total. The lowest BCUT2D eigenvalue weighted by Gasteiger charge is -2.07. The first-order chi connectivity index (χ1) is 13.7. The molecule has 0 unspecified atom stereocenters. The van der Waals surface area contributed by atoms with Crippen LogP contribution in [0.25, 0.3) is 0 Å². The number of carbonyl (C=O) groups is 2. The Morgan fingerprint density at radius 3 is 2.41 bits per heavy atom. The molecule has 2 aromatic heterocycles. The van der Waals surface area contributed by atoms with Gasteiger partial charge >= 0.3 is 6.18 Å². The third kappa shape index (κ3) is 5.25. The molecule has 2 heterocycles. The molecule has 0 aliphatic rings. The molecule has 0 spiro atoms. The van der Waals surface area contributed by atoms with E-state index in [0.717, 1.165) is 18.5 Å². The number of carbonyl (C=O) groups excluding carboxylic acids is 2. The predicted molar refractivity (Wildman–Crippen MR) is 98.6 cm³/mol. The lowest BCUT2D eigenvalue weighted by atomic mass is 10.2. The summed E-state index contributed by atoms with van der Waals surface area (Å²) in [7, 11) is 0. The van der Waals surface area contributed by atoms with Gasteiger partial charge in [0.15, 0.2) is 5.13 Å². The van der Waals surface area contributed by atoms with Crippen LogP contribution in [0.1, 0.15) is 31.4 Å². The van der Waals surface area contributed by atoms with E-state index in [2.05, 4.69) is 25.6 Å². The Morgan fingerprint density at radius 1 is 1.07 bits per heavy atom. The molecule has 3 rings (SSSR count). The van der Waals surface area contributed by atoms with Crippen LogP contribution in [0.2, 0.25) is 0 Å². The highest BCUT2D eigenvalue weighted by atomic mass is 32.1. The largest absolute Gasteiger partial charge is 0.416 e. The summed E-state index contributed by atoms with van der Waals surface area (Å²) in [5.74, 6) is -1.30. The molecule has 0 saturated carbocycles. The van der Waals surface area contributed by atoms with Gasteiger partial charge in [-0.05, 0) is 24.3 Å².